The molecule has 1 saturated carbocycles. The minimum Gasteiger partial charge on any atom is -0.493 e. The number of hydrogen-bond acceptors (Lipinski definition) is 7. The Labute approximate surface area is 175 Å². The molecule has 8 nitrogen and oxygen atoms in total. The van der Waals surface area contributed by atoms with Gasteiger partial charge in [0.1, 0.15) is 17.9 Å². The first-order valence-corrected chi connectivity index (χ1v) is 9.90. The van der Waals surface area contributed by atoms with Crippen LogP contribution < -0.4 is 20.1 Å². The van der Waals surface area contributed by atoms with E-state index < -0.39 is 0 Å². The molecule has 2 aromatic heterocycles. The highest BCUT2D eigenvalue weighted by atomic mass is 16.5. The monoisotopic (exact) mass is 410 g/mol. The predicted octanol–water partition coefficient (Wildman–Crippen LogP) is 4.00. The van der Waals surface area contributed by atoms with Gasteiger partial charge in [-0.3, -0.25) is 4.79 Å². The van der Waals surface area contributed by atoms with Gasteiger partial charge >= 0.3 is 0 Å². The Balaban J connectivity index is 1.64. The molecule has 1 aliphatic carbocycles. The lowest BCUT2D eigenvalue weighted by molar-refractivity contribution is 0.0939. The highest BCUT2D eigenvalue weighted by molar-refractivity contribution is 6.10. The third-order valence-electron chi connectivity index (χ3n) is 5.57. The van der Waals surface area contributed by atoms with Crippen molar-refractivity contribution in [2.75, 3.05) is 19.5 Å². The van der Waals surface area contributed by atoms with Crippen LogP contribution in [-0.2, 0) is 0 Å². The Kier molecular flexibility index (Phi) is 5.01. The summed E-state index contributed by atoms with van der Waals surface area (Å²) in [5.41, 5.74) is 1.75. The summed E-state index contributed by atoms with van der Waals surface area (Å²) in [6.45, 7) is 5.81. The molecule has 3 aromatic rings. The third kappa shape index (κ3) is 3.65. The highest BCUT2D eigenvalue weighted by Gasteiger charge is 2.38. The fourth-order valence-electron chi connectivity index (χ4n) is 3.49. The van der Waals surface area contributed by atoms with Crippen LogP contribution in [0.3, 0.4) is 0 Å². The minimum absolute atomic E-state index is 0.00709. The molecule has 1 atom stereocenters. The van der Waals surface area contributed by atoms with E-state index in [9.17, 15) is 4.79 Å². The van der Waals surface area contributed by atoms with Crippen molar-refractivity contribution in [1.82, 2.24) is 15.3 Å². The number of carbonyl (C=O) groups is 1. The molecule has 0 bridgehead atoms. The fourth-order valence-corrected chi connectivity index (χ4v) is 3.49. The number of nitrogens with zero attached hydrogens (tertiary/aromatic N) is 2. The number of ether oxygens (including phenoxy) is 2. The largest absolute Gasteiger partial charge is 0.493 e. The Morgan fingerprint density at radius 3 is 2.60 bits per heavy atom. The van der Waals surface area contributed by atoms with Crippen LogP contribution in [0.25, 0.3) is 11.1 Å². The summed E-state index contributed by atoms with van der Waals surface area (Å²) in [6, 6.07) is 5.32. The van der Waals surface area contributed by atoms with E-state index in [2.05, 4.69) is 27.5 Å². The molecule has 4 rings (SSSR count). The van der Waals surface area contributed by atoms with Gasteiger partial charge in [0.15, 0.2) is 11.5 Å². The zero-order valence-electron chi connectivity index (χ0n) is 17.8. The number of furan rings is 1. The van der Waals surface area contributed by atoms with E-state index in [0.717, 1.165) is 18.4 Å². The highest BCUT2D eigenvalue weighted by Crippen LogP contribution is 2.40. The summed E-state index contributed by atoms with van der Waals surface area (Å²) in [7, 11) is 3.17. The van der Waals surface area contributed by atoms with Crippen molar-refractivity contribution in [1.29, 1.82) is 0 Å². The molecule has 1 amide bonds. The molecule has 8 heteroatoms. The van der Waals surface area contributed by atoms with Crippen LogP contribution in [-0.4, -0.2) is 35.6 Å². The van der Waals surface area contributed by atoms with Crippen LogP contribution >= 0.6 is 0 Å². The van der Waals surface area contributed by atoms with Crippen molar-refractivity contribution < 1.29 is 18.7 Å². The van der Waals surface area contributed by atoms with E-state index >= 15 is 0 Å². The molecule has 1 aromatic carbocycles. The van der Waals surface area contributed by atoms with Gasteiger partial charge in [-0.05, 0) is 51.3 Å². The van der Waals surface area contributed by atoms with Crippen molar-refractivity contribution in [3.05, 3.63) is 41.4 Å². The van der Waals surface area contributed by atoms with Crippen molar-refractivity contribution in [3.63, 3.8) is 0 Å². The number of rotatable bonds is 7. The molecule has 2 N–H and O–H groups in total. The lowest BCUT2D eigenvalue weighted by atomic mass is 10.1. The maximum atomic E-state index is 13.2. The molecule has 0 unspecified atom stereocenters. The maximum Gasteiger partial charge on any atom is 0.256 e. The van der Waals surface area contributed by atoms with Gasteiger partial charge in [-0.25, -0.2) is 9.97 Å². The quantitative estimate of drug-likeness (QED) is 0.607. The molecule has 0 aliphatic heterocycles. The van der Waals surface area contributed by atoms with Gasteiger partial charge in [0.25, 0.3) is 5.91 Å². The molecular formula is C22H26N4O4. The van der Waals surface area contributed by atoms with E-state index in [4.69, 9.17) is 13.9 Å². The van der Waals surface area contributed by atoms with Gasteiger partial charge in [0, 0.05) is 5.54 Å². The number of carbonyl (C=O) groups excluding carboxylic acids is 1. The molecule has 30 heavy (non-hydrogen) atoms. The molecule has 2 heterocycles. The minimum atomic E-state index is -0.261. The Morgan fingerprint density at radius 2 is 1.93 bits per heavy atom. The summed E-state index contributed by atoms with van der Waals surface area (Å²) in [4.78, 5) is 21.8. The second-order valence-electron chi connectivity index (χ2n) is 7.93. The molecule has 0 saturated heterocycles. The average molecular weight is 410 g/mol. The molecule has 0 radical (unpaired) electrons. The summed E-state index contributed by atoms with van der Waals surface area (Å²) in [5.74, 6) is 2.14. The topological polar surface area (TPSA) is 98.5 Å². The maximum absolute atomic E-state index is 13.2. The molecular weight excluding hydrogens is 384 g/mol. The number of benzene rings is 1. The second-order valence-corrected chi connectivity index (χ2v) is 7.93. The van der Waals surface area contributed by atoms with E-state index in [0.29, 0.717) is 39.7 Å². The number of anilines is 1. The van der Waals surface area contributed by atoms with Crippen molar-refractivity contribution >= 4 is 22.8 Å². The summed E-state index contributed by atoms with van der Waals surface area (Å²) in [5, 5.41) is 7.09. The first-order valence-electron chi connectivity index (χ1n) is 9.90. The first kappa shape index (κ1) is 20.0. The van der Waals surface area contributed by atoms with Crippen LogP contribution in [0, 0.1) is 6.92 Å². The smallest absolute Gasteiger partial charge is 0.256 e. The van der Waals surface area contributed by atoms with Gasteiger partial charge in [0.2, 0.25) is 5.71 Å². The Hall–Kier alpha value is -3.29. The molecule has 0 spiro atoms. The van der Waals surface area contributed by atoms with Crippen LogP contribution in [0.2, 0.25) is 0 Å². The van der Waals surface area contributed by atoms with Crippen molar-refractivity contribution in [3.8, 4) is 11.5 Å². The SMILES string of the molecule is COc1ccc([C@H](C)NC(=O)c2c(C)oc3ncnc(NC4(C)CC4)c23)cc1OC. The van der Waals surface area contributed by atoms with Crippen molar-refractivity contribution in [2.24, 2.45) is 0 Å². The van der Waals surface area contributed by atoms with E-state index in [1.165, 1.54) is 6.33 Å². The van der Waals surface area contributed by atoms with Gasteiger partial charge < -0.3 is 24.5 Å². The van der Waals surface area contributed by atoms with Crippen LogP contribution in [0.5, 0.6) is 11.5 Å². The van der Waals surface area contributed by atoms with E-state index in [1.807, 2.05) is 25.1 Å². The first-order chi connectivity index (χ1) is 14.3. The standard InChI is InChI=1S/C22H26N4O4/c1-12(14-6-7-15(28-4)16(10-14)29-5)25-20(27)17-13(2)30-21-18(17)19(23-11-24-21)26-22(3)8-9-22/h6-7,10-12H,8-9H2,1-5H3,(H,25,27)(H,23,24,26)/t12-/m0/s1. The Bertz CT molecular complexity index is 1100. The number of nitrogens with one attached hydrogen (secondary N) is 2. The number of fused-ring (bicyclic) bond motifs is 1. The number of hydrogen-bond donors (Lipinski definition) is 2. The van der Waals surface area contributed by atoms with Crippen LogP contribution in [0.4, 0.5) is 5.82 Å². The molecule has 1 aliphatic rings. The summed E-state index contributed by atoms with van der Waals surface area (Å²) >= 11 is 0. The number of amides is 1. The van der Waals surface area contributed by atoms with Gasteiger partial charge in [0.05, 0.1) is 31.2 Å². The van der Waals surface area contributed by atoms with Gasteiger partial charge in [-0.15, -0.1) is 0 Å². The van der Waals surface area contributed by atoms with E-state index in [-0.39, 0.29) is 17.5 Å². The summed E-state index contributed by atoms with van der Waals surface area (Å²) in [6.07, 6.45) is 3.58. The zero-order valence-corrected chi connectivity index (χ0v) is 17.8. The van der Waals surface area contributed by atoms with Crippen LogP contribution in [0.1, 0.15) is 54.4 Å². The zero-order chi connectivity index (χ0) is 21.5. The van der Waals surface area contributed by atoms with E-state index in [1.54, 1.807) is 21.1 Å². The Morgan fingerprint density at radius 1 is 1.20 bits per heavy atom. The molecule has 158 valence electrons. The number of methoxy groups -OCH3 is 2. The van der Waals surface area contributed by atoms with Gasteiger partial charge in [-0.1, -0.05) is 6.07 Å². The van der Waals surface area contributed by atoms with Crippen molar-refractivity contribution in [2.45, 2.75) is 45.2 Å². The second kappa shape index (κ2) is 7.51. The number of aromatic nitrogens is 2. The fraction of sp³-hybridized carbons (Fsp3) is 0.409. The lowest BCUT2D eigenvalue weighted by Gasteiger charge is -2.17. The summed E-state index contributed by atoms with van der Waals surface area (Å²) < 4.78 is 16.4. The predicted molar refractivity (Wildman–Crippen MR) is 113 cm³/mol. The lowest BCUT2D eigenvalue weighted by Crippen LogP contribution is -2.27. The molecule has 1 fully saturated rings. The third-order valence-corrected chi connectivity index (χ3v) is 5.57. The van der Waals surface area contributed by atoms with Crippen LogP contribution in [0.15, 0.2) is 28.9 Å². The average Bonchev–Trinajstić information content (AvgIpc) is 3.34. The van der Waals surface area contributed by atoms with Gasteiger partial charge in [-0.2, -0.15) is 0 Å². The normalized spacial score (nSPS) is 15.5. The number of aryl methyl sites for hydroxylation is 1.